The topological polar surface area (TPSA) is 72.0 Å². The smallest absolute Gasteiger partial charge is 0.117 e. The fourth-order valence-corrected chi connectivity index (χ4v) is 2.37. The summed E-state index contributed by atoms with van der Waals surface area (Å²) in [6, 6.07) is 5.57. The number of fused-ring (bicyclic) bond motifs is 1. The maximum atomic E-state index is 9.52. The zero-order valence-electron chi connectivity index (χ0n) is 9.79. The van der Waals surface area contributed by atoms with Crippen molar-refractivity contribution in [3.05, 3.63) is 24.5 Å². The second kappa shape index (κ2) is 4.89. The van der Waals surface area contributed by atoms with Gasteiger partial charge in [-0.25, -0.2) is 9.97 Å². The second-order valence-electron chi connectivity index (χ2n) is 4.02. The molecule has 0 fully saturated rings. The second-order valence-corrected chi connectivity index (χ2v) is 5.38. The molecule has 1 aromatic carbocycles. The summed E-state index contributed by atoms with van der Waals surface area (Å²) in [6.45, 7) is 3.74. The number of hydrogen-bond donors (Lipinski definition) is 2. The molecule has 0 spiro atoms. The maximum absolute atomic E-state index is 9.52. The molecule has 2 atom stereocenters. The summed E-state index contributed by atoms with van der Waals surface area (Å²) in [7, 11) is 0. The van der Waals surface area contributed by atoms with E-state index in [2.05, 4.69) is 9.97 Å². The van der Waals surface area contributed by atoms with Crippen LogP contribution < -0.4 is 5.73 Å². The van der Waals surface area contributed by atoms with Crippen molar-refractivity contribution in [2.75, 3.05) is 5.73 Å². The number of nitrogens with zero attached hydrogens (tertiary/aromatic N) is 2. The van der Waals surface area contributed by atoms with E-state index in [9.17, 15) is 5.11 Å². The Bertz CT molecular complexity index is 530. The van der Waals surface area contributed by atoms with Gasteiger partial charge in [0.25, 0.3) is 0 Å². The van der Waals surface area contributed by atoms with Crippen LogP contribution >= 0.6 is 11.8 Å². The first-order chi connectivity index (χ1) is 8.08. The Morgan fingerprint density at radius 3 is 2.76 bits per heavy atom. The average Bonchev–Trinajstić information content (AvgIpc) is 2.29. The Morgan fingerprint density at radius 2 is 2.06 bits per heavy atom. The van der Waals surface area contributed by atoms with Crippen LogP contribution in [0.1, 0.15) is 13.8 Å². The first-order valence-corrected chi connectivity index (χ1v) is 6.31. The first-order valence-electron chi connectivity index (χ1n) is 5.43. The van der Waals surface area contributed by atoms with Gasteiger partial charge in [-0.05, 0) is 25.1 Å². The number of aromatic nitrogens is 2. The third-order valence-corrected chi connectivity index (χ3v) is 3.91. The van der Waals surface area contributed by atoms with Crippen LogP contribution in [0.4, 0.5) is 5.69 Å². The van der Waals surface area contributed by atoms with Crippen LogP contribution in [0.3, 0.4) is 0 Å². The van der Waals surface area contributed by atoms with Crippen LogP contribution in [-0.2, 0) is 0 Å². The molecule has 4 nitrogen and oxygen atoms in total. The predicted octanol–water partition coefficient (Wildman–Crippen LogP) is 2.07. The van der Waals surface area contributed by atoms with Crippen molar-refractivity contribution >= 4 is 28.4 Å². The van der Waals surface area contributed by atoms with E-state index < -0.39 is 0 Å². The normalized spacial score (nSPS) is 14.8. The maximum Gasteiger partial charge on any atom is 0.117 e. The standard InChI is InChI=1S/C12H15N3OS/c1-7(16)8(2)17-12-10-5-9(13)3-4-11(10)14-6-15-12/h3-8,16H,13H2,1-2H3. The zero-order valence-corrected chi connectivity index (χ0v) is 10.6. The van der Waals surface area contributed by atoms with Gasteiger partial charge in [0, 0.05) is 16.3 Å². The van der Waals surface area contributed by atoms with E-state index in [1.807, 2.05) is 25.1 Å². The molecule has 2 rings (SSSR count). The molecule has 17 heavy (non-hydrogen) atoms. The van der Waals surface area contributed by atoms with E-state index in [1.165, 1.54) is 18.1 Å². The SMILES string of the molecule is CC(O)C(C)Sc1ncnc2ccc(N)cc12. The van der Waals surface area contributed by atoms with E-state index in [-0.39, 0.29) is 11.4 Å². The fourth-order valence-electron chi connectivity index (χ4n) is 1.42. The molecule has 0 aliphatic carbocycles. The highest BCUT2D eigenvalue weighted by Gasteiger charge is 2.13. The molecule has 0 bridgehead atoms. The van der Waals surface area contributed by atoms with Gasteiger partial charge in [0.2, 0.25) is 0 Å². The molecule has 5 heteroatoms. The van der Waals surface area contributed by atoms with Crippen LogP contribution in [0.5, 0.6) is 0 Å². The number of anilines is 1. The Labute approximate surface area is 104 Å². The number of aliphatic hydroxyl groups excluding tert-OH is 1. The molecular weight excluding hydrogens is 234 g/mol. The summed E-state index contributed by atoms with van der Waals surface area (Å²) >= 11 is 1.53. The van der Waals surface area contributed by atoms with E-state index in [0.29, 0.717) is 5.69 Å². The van der Waals surface area contributed by atoms with Gasteiger partial charge in [-0.15, -0.1) is 0 Å². The Hall–Kier alpha value is -1.33. The summed E-state index contributed by atoms with van der Waals surface area (Å²) < 4.78 is 0. The van der Waals surface area contributed by atoms with E-state index >= 15 is 0 Å². The van der Waals surface area contributed by atoms with Crippen LogP contribution in [0.15, 0.2) is 29.6 Å². The minimum absolute atomic E-state index is 0.0783. The number of thioether (sulfide) groups is 1. The summed E-state index contributed by atoms with van der Waals surface area (Å²) in [5.41, 5.74) is 7.33. The molecule has 0 radical (unpaired) electrons. The van der Waals surface area contributed by atoms with Gasteiger partial charge in [0.1, 0.15) is 11.4 Å². The highest BCUT2D eigenvalue weighted by Crippen LogP contribution is 2.30. The van der Waals surface area contributed by atoms with Crippen LogP contribution in [0, 0.1) is 0 Å². The lowest BCUT2D eigenvalue weighted by atomic mass is 10.2. The zero-order chi connectivity index (χ0) is 12.4. The third kappa shape index (κ3) is 2.68. The third-order valence-electron chi connectivity index (χ3n) is 2.60. The number of aliphatic hydroxyl groups is 1. The Morgan fingerprint density at radius 1 is 1.29 bits per heavy atom. The summed E-state index contributed by atoms with van der Waals surface area (Å²) in [5, 5.41) is 11.4. The Kier molecular flexibility index (Phi) is 3.49. The van der Waals surface area contributed by atoms with E-state index in [1.54, 1.807) is 6.92 Å². The summed E-state index contributed by atoms with van der Waals surface area (Å²) in [4.78, 5) is 8.45. The molecule has 2 unspecified atom stereocenters. The molecule has 90 valence electrons. The minimum atomic E-state index is -0.383. The lowest BCUT2D eigenvalue weighted by molar-refractivity contribution is 0.196. The Balaban J connectivity index is 2.43. The fraction of sp³-hybridized carbons (Fsp3) is 0.333. The van der Waals surface area contributed by atoms with Gasteiger partial charge in [-0.3, -0.25) is 0 Å². The van der Waals surface area contributed by atoms with Crippen LogP contribution in [0.2, 0.25) is 0 Å². The van der Waals surface area contributed by atoms with Crippen molar-refractivity contribution in [3.63, 3.8) is 0 Å². The van der Waals surface area contributed by atoms with Crippen molar-refractivity contribution in [1.82, 2.24) is 9.97 Å². The lowest BCUT2D eigenvalue weighted by Crippen LogP contribution is -2.15. The first kappa shape index (κ1) is 12.1. The average molecular weight is 249 g/mol. The lowest BCUT2D eigenvalue weighted by Gasteiger charge is -2.14. The van der Waals surface area contributed by atoms with Gasteiger partial charge in [0.15, 0.2) is 0 Å². The molecule has 0 aliphatic rings. The monoisotopic (exact) mass is 249 g/mol. The summed E-state index contributed by atoms with van der Waals surface area (Å²) in [6.07, 6.45) is 1.15. The molecule has 0 amide bonds. The molecule has 2 aromatic rings. The molecule has 1 aromatic heterocycles. The largest absolute Gasteiger partial charge is 0.399 e. The summed E-state index contributed by atoms with van der Waals surface area (Å²) in [5.74, 6) is 0. The van der Waals surface area contributed by atoms with E-state index in [4.69, 9.17) is 5.73 Å². The van der Waals surface area contributed by atoms with Crippen LogP contribution in [0.25, 0.3) is 10.9 Å². The van der Waals surface area contributed by atoms with Gasteiger partial charge in [-0.2, -0.15) is 0 Å². The molecular formula is C12H15N3OS. The molecule has 1 heterocycles. The van der Waals surface area contributed by atoms with Crippen LogP contribution in [-0.4, -0.2) is 26.4 Å². The molecule has 0 saturated carbocycles. The number of nitrogens with two attached hydrogens (primary N) is 1. The van der Waals surface area contributed by atoms with Crippen molar-refractivity contribution in [1.29, 1.82) is 0 Å². The van der Waals surface area contributed by atoms with Gasteiger partial charge >= 0.3 is 0 Å². The molecule has 3 N–H and O–H groups in total. The van der Waals surface area contributed by atoms with Gasteiger partial charge in [0.05, 0.1) is 11.6 Å². The van der Waals surface area contributed by atoms with Crippen molar-refractivity contribution in [3.8, 4) is 0 Å². The van der Waals surface area contributed by atoms with Crippen molar-refractivity contribution < 1.29 is 5.11 Å². The van der Waals surface area contributed by atoms with Gasteiger partial charge < -0.3 is 10.8 Å². The van der Waals surface area contributed by atoms with Crippen molar-refractivity contribution in [2.24, 2.45) is 0 Å². The quantitative estimate of drug-likeness (QED) is 0.495. The minimum Gasteiger partial charge on any atom is -0.399 e. The molecule has 0 aliphatic heterocycles. The number of hydrogen-bond acceptors (Lipinski definition) is 5. The van der Waals surface area contributed by atoms with Crippen molar-refractivity contribution in [2.45, 2.75) is 30.2 Å². The molecule has 0 saturated heterocycles. The van der Waals surface area contributed by atoms with Gasteiger partial charge in [-0.1, -0.05) is 18.7 Å². The highest BCUT2D eigenvalue weighted by atomic mass is 32.2. The predicted molar refractivity (Wildman–Crippen MR) is 71.0 cm³/mol. The highest BCUT2D eigenvalue weighted by molar-refractivity contribution is 8.00. The number of nitrogen functional groups attached to an aromatic ring is 1. The number of rotatable bonds is 3. The number of benzene rings is 1. The van der Waals surface area contributed by atoms with E-state index in [0.717, 1.165) is 15.9 Å².